The molecule has 1 amide bonds. The Morgan fingerprint density at radius 1 is 1.27 bits per heavy atom. The number of carbonyl (C=O) groups is 2. The van der Waals surface area contributed by atoms with Crippen LogP contribution in [-0.2, 0) is 14.3 Å². The lowest BCUT2D eigenvalue weighted by Crippen LogP contribution is -2.42. The lowest BCUT2D eigenvalue weighted by Gasteiger charge is -2.26. The summed E-state index contributed by atoms with van der Waals surface area (Å²) in [7, 11) is 0. The van der Waals surface area contributed by atoms with E-state index in [1.54, 1.807) is 0 Å². The highest BCUT2D eigenvalue weighted by Gasteiger charge is 2.21. The Balaban J connectivity index is 1.75. The van der Waals surface area contributed by atoms with Gasteiger partial charge in [-0.25, -0.2) is 8.78 Å². The number of hydrogen-bond donors (Lipinski definition) is 3. The van der Waals surface area contributed by atoms with Crippen LogP contribution in [0.1, 0.15) is 12.8 Å². The smallest absolute Gasteiger partial charge is 0.321 e. The number of benzene rings is 1. The molecule has 1 atom stereocenters. The zero-order valence-electron chi connectivity index (χ0n) is 14.3. The van der Waals surface area contributed by atoms with E-state index in [0.29, 0.717) is 25.8 Å². The second-order valence-corrected chi connectivity index (χ2v) is 6.03. The molecule has 2 rings (SSSR count). The summed E-state index contributed by atoms with van der Waals surface area (Å²) in [5.74, 6) is -3.50. The lowest BCUT2D eigenvalue weighted by atomic mass is 10.2. The topological polar surface area (TPSA) is 90.9 Å². The van der Waals surface area contributed by atoms with Gasteiger partial charge in [0.15, 0.2) is 0 Å². The van der Waals surface area contributed by atoms with Crippen LogP contribution in [0.3, 0.4) is 0 Å². The van der Waals surface area contributed by atoms with Crippen molar-refractivity contribution in [2.75, 3.05) is 44.7 Å². The number of anilines is 1. The van der Waals surface area contributed by atoms with E-state index >= 15 is 0 Å². The molecule has 0 spiro atoms. The van der Waals surface area contributed by atoms with Crippen molar-refractivity contribution in [3.05, 3.63) is 29.8 Å². The van der Waals surface area contributed by atoms with Crippen molar-refractivity contribution in [1.29, 1.82) is 0 Å². The molecule has 1 aliphatic rings. The number of ether oxygens (including phenoxy) is 1. The number of amides is 1. The largest absolute Gasteiger partial charge is 0.480 e. The summed E-state index contributed by atoms with van der Waals surface area (Å²) in [5.41, 5.74) is -0.187. The average Bonchev–Trinajstić information content (AvgIpc) is 2.61. The summed E-state index contributed by atoms with van der Waals surface area (Å²) >= 11 is 0. The van der Waals surface area contributed by atoms with Crippen molar-refractivity contribution in [3.63, 3.8) is 0 Å². The summed E-state index contributed by atoms with van der Waals surface area (Å²) in [6.45, 7) is 4.36. The highest BCUT2D eigenvalue weighted by atomic mass is 19.1. The molecule has 0 aromatic heterocycles. The van der Waals surface area contributed by atoms with Crippen molar-refractivity contribution in [1.82, 2.24) is 10.2 Å². The van der Waals surface area contributed by atoms with Crippen molar-refractivity contribution in [3.8, 4) is 0 Å². The first-order valence-electron chi connectivity index (χ1n) is 8.47. The first kappa shape index (κ1) is 20.2. The molecule has 1 saturated heterocycles. The Labute approximate surface area is 150 Å². The minimum atomic E-state index is -1.16. The maximum absolute atomic E-state index is 13.5. The van der Waals surface area contributed by atoms with Gasteiger partial charge in [0.05, 0.1) is 25.3 Å². The number of aliphatic carboxylic acids is 1. The molecule has 0 saturated carbocycles. The normalized spacial score (nSPS) is 16.2. The highest BCUT2D eigenvalue weighted by molar-refractivity contribution is 5.94. The lowest BCUT2D eigenvalue weighted by molar-refractivity contribution is -0.141. The molecule has 0 aliphatic carbocycles. The predicted octanol–water partition coefficient (Wildman–Crippen LogP) is 1.06. The van der Waals surface area contributed by atoms with E-state index in [2.05, 4.69) is 15.5 Å². The fraction of sp³-hybridized carbons (Fsp3) is 0.529. The van der Waals surface area contributed by atoms with E-state index in [1.165, 1.54) is 0 Å². The van der Waals surface area contributed by atoms with Gasteiger partial charge in [-0.05, 0) is 31.6 Å². The summed E-state index contributed by atoms with van der Waals surface area (Å²) in [4.78, 5) is 25.5. The second-order valence-electron chi connectivity index (χ2n) is 6.03. The molecule has 9 heteroatoms. The van der Waals surface area contributed by atoms with Crippen LogP contribution >= 0.6 is 0 Å². The predicted molar refractivity (Wildman–Crippen MR) is 90.9 cm³/mol. The number of rotatable bonds is 9. The summed E-state index contributed by atoms with van der Waals surface area (Å²) in [5, 5.41) is 14.3. The van der Waals surface area contributed by atoms with Crippen LogP contribution in [0, 0.1) is 11.6 Å². The van der Waals surface area contributed by atoms with Gasteiger partial charge in [-0.1, -0.05) is 0 Å². The number of morpholine rings is 1. The standard InChI is InChI=1S/C17H23F2N3O4/c18-12-2-3-14(13(19)10-12)21-16(23)11-15(17(24)25)20-4-1-5-22-6-8-26-9-7-22/h2-3,10,15,20H,1,4-9,11H2,(H,21,23)(H,24,25)/t15-/m1/s1. The van der Waals surface area contributed by atoms with Gasteiger partial charge < -0.3 is 20.5 Å². The third-order valence-electron chi connectivity index (χ3n) is 4.04. The molecule has 0 bridgehead atoms. The first-order valence-corrected chi connectivity index (χ1v) is 8.47. The summed E-state index contributed by atoms with van der Waals surface area (Å²) in [6.07, 6.45) is 0.377. The van der Waals surface area contributed by atoms with E-state index in [1.807, 2.05) is 0 Å². The molecule has 0 radical (unpaired) electrons. The molecule has 0 unspecified atom stereocenters. The third-order valence-corrected chi connectivity index (χ3v) is 4.04. The third kappa shape index (κ3) is 6.66. The molecular formula is C17H23F2N3O4. The quantitative estimate of drug-likeness (QED) is 0.563. The molecule has 7 nitrogen and oxygen atoms in total. The molecule has 144 valence electrons. The number of hydrogen-bond acceptors (Lipinski definition) is 5. The maximum Gasteiger partial charge on any atom is 0.321 e. The Hall–Kier alpha value is -2.10. The van der Waals surface area contributed by atoms with Crippen molar-refractivity contribution in [2.24, 2.45) is 0 Å². The number of nitrogens with one attached hydrogen (secondary N) is 2. The highest BCUT2D eigenvalue weighted by Crippen LogP contribution is 2.15. The van der Waals surface area contributed by atoms with Crippen LogP contribution in [0.25, 0.3) is 0 Å². The molecule has 1 heterocycles. The number of carboxylic acids is 1. The monoisotopic (exact) mass is 371 g/mol. The van der Waals surface area contributed by atoms with Gasteiger partial charge in [0.25, 0.3) is 0 Å². The minimum Gasteiger partial charge on any atom is -0.480 e. The second kappa shape index (κ2) is 10.1. The average molecular weight is 371 g/mol. The van der Waals surface area contributed by atoms with E-state index in [9.17, 15) is 23.5 Å². The van der Waals surface area contributed by atoms with Crippen LogP contribution in [0.2, 0.25) is 0 Å². The Morgan fingerprint density at radius 2 is 2.00 bits per heavy atom. The maximum atomic E-state index is 13.5. The molecular weight excluding hydrogens is 348 g/mol. The van der Waals surface area contributed by atoms with Gasteiger partial charge in [0, 0.05) is 19.2 Å². The van der Waals surface area contributed by atoms with Crippen molar-refractivity contribution < 1.29 is 28.2 Å². The number of halogens is 2. The molecule has 26 heavy (non-hydrogen) atoms. The fourth-order valence-electron chi connectivity index (χ4n) is 2.63. The number of nitrogens with zero attached hydrogens (tertiary/aromatic N) is 1. The summed E-state index contributed by atoms with van der Waals surface area (Å²) < 4.78 is 31.6. The van der Waals surface area contributed by atoms with Gasteiger partial charge in [-0.3, -0.25) is 14.5 Å². The van der Waals surface area contributed by atoms with Crippen LogP contribution in [0.5, 0.6) is 0 Å². The van der Waals surface area contributed by atoms with E-state index in [-0.39, 0.29) is 12.1 Å². The zero-order valence-corrected chi connectivity index (χ0v) is 14.3. The van der Waals surface area contributed by atoms with Gasteiger partial charge >= 0.3 is 5.97 Å². The summed E-state index contributed by atoms with van der Waals surface area (Å²) in [6, 6.07) is 1.67. The van der Waals surface area contributed by atoms with Crippen LogP contribution < -0.4 is 10.6 Å². The molecule has 3 N–H and O–H groups in total. The fourth-order valence-corrected chi connectivity index (χ4v) is 2.63. The Kier molecular flexibility index (Phi) is 7.89. The van der Waals surface area contributed by atoms with Crippen LogP contribution in [0.4, 0.5) is 14.5 Å². The van der Waals surface area contributed by atoms with Gasteiger partial charge in [-0.15, -0.1) is 0 Å². The van der Waals surface area contributed by atoms with Gasteiger partial charge in [0.2, 0.25) is 5.91 Å². The number of carbonyl (C=O) groups excluding carboxylic acids is 1. The SMILES string of the molecule is O=C(C[C@@H](NCCCN1CCOCC1)C(=O)O)Nc1ccc(F)cc1F. The first-order chi connectivity index (χ1) is 12.5. The van der Waals surface area contributed by atoms with Crippen LogP contribution in [0.15, 0.2) is 18.2 Å². The van der Waals surface area contributed by atoms with Gasteiger partial charge in [-0.2, -0.15) is 0 Å². The van der Waals surface area contributed by atoms with Crippen LogP contribution in [-0.4, -0.2) is 67.3 Å². The molecule has 1 fully saturated rings. The van der Waals surface area contributed by atoms with E-state index < -0.39 is 29.6 Å². The Morgan fingerprint density at radius 3 is 2.65 bits per heavy atom. The molecule has 1 aromatic rings. The Bertz CT molecular complexity index is 624. The van der Waals surface area contributed by atoms with E-state index in [0.717, 1.165) is 38.2 Å². The number of carboxylic acid groups (broad SMARTS) is 1. The van der Waals surface area contributed by atoms with E-state index in [4.69, 9.17) is 4.74 Å². The molecule has 1 aromatic carbocycles. The van der Waals surface area contributed by atoms with Gasteiger partial charge in [0.1, 0.15) is 17.7 Å². The minimum absolute atomic E-state index is 0.187. The van der Waals surface area contributed by atoms with Crippen molar-refractivity contribution >= 4 is 17.6 Å². The van der Waals surface area contributed by atoms with Crippen molar-refractivity contribution in [2.45, 2.75) is 18.9 Å². The zero-order chi connectivity index (χ0) is 18.9. The molecule has 1 aliphatic heterocycles.